The molecule has 0 radical (unpaired) electrons. The third-order valence-corrected chi connectivity index (χ3v) is 6.32. The number of phenolic OH excluding ortho intramolecular Hbond substituents is 1. The van der Waals surface area contributed by atoms with E-state index < -0.39 is 10.0 Å². The molecule has 5 nitrogen and oxygen atoms in total. The molecule has 2 fully saturated rings. The van der Waals surface area contributed by atoms with Crippen molar-refractivity contribution >= 4 is 10.0 Å². The summed E-state index contributed by atoms with van der Waals surface area (Å²) in [6.07, 6.45) is 2.23. The lowest BCUT2D eigenvalue weighted by Gasteiger charge is -2.41. The van der Waals surface area contributed by atoms with E-state index in [0.29, 0.717) is 12.6 Å². The average Bonchev–Trinajstić information content (AvgIpc) is 2.85. The Morgan fingerprint density at radius 3 is 2.60 bits per heavy atom. The van der Waals surface area contributed by atoms with Crippen LogP contribution in [-0.4, -0.2) is 54.4 Å². The second-order valence-electron chi connectivity index (χ2n) is 5.71. The number of nitrogens with zero attached hydrogens (tertiary/aromatic N) is 2. The predicted molar refractivity (Wildman–Crippen MR) is 76.1 cm³/mol. The highest BCUT2D eigenvalue weighted by atomic mass is 32.2. The first kappa shape index (κ1) is 13.9. The molecular weight excluding hydrogens is 276 g/mol. The van der Waals surface area contributed by atoms with Crippen LogP contribution >= 0.6 is 0 Å². The zero-order chi connectivity index (χ0) is 14.3. The van der Waals surface area contributed by atoms with Crippen molar-refractivity contribution in [2.24, 2.45) is 0 Å². The van der Waals surface area contributed by atoms with E-state index >= 15 is 0 Å². The normalized spacial score (nSPS) is 28.4. The maximum Gasteiger partial charge on any atom is 0.243 e. The molecule has 0 saturated carbocycles. The predicted octanol–water partition coefficient (Wildman–Crippen LogP) is 1.25. The van der Waals surface area contributed by atoms with Crippen molar-refractivity contribution in [2.45, 2.75) is 36.7 Å². The molecule has 0 amide bonds. The summed E-state index contributed by atoms with van der Waals surface area (Å²) in [5.41, 5.74) is 0. The Hall–Kier alpha value is -1.11. The van der Waals surface area contributed by atoms with Crippen LogP contribution in [0, 0.1) is 0 Å². The fourth-order valence-corrected chi connectivity index (χ4v) is 4.91. The number of hydrogen-bond donors (Lipinski definition) is 1. The van der Waals surface area contributed by atoms with Crippen molar-refractivity contribution < 1.29 is 13.5 Å². The number of piperazine rings is 1. The van der Waals surface area contributed by atoms with Gasteiger partial charge in [-0.15, -0.1) is 0 Å². The van der Waals surface area contributed by atoms with Gasteiger partial charge in [0.1, 0.15) is 5.75 Å². The van der Waals surface area contributed by atoms with Crippen LogP contribution in [0.4, 0.5) is 0 Å². The van der Waals surface area contributed by atoms with Crippen molar-refractivity contribution in [1.82, 2.24) is 9.21 Å². The highest BCUT2D eigenvalue weighted by Crippen LogP contribution is 2.29. The lowest BCUT2D eigenvalue weighted by atomic mass is 10.1. The number of rotatable bonds is 2. The maximum atomic E-state index is 12.7. The van der Waals surface area contributed by atoms with Gasteiger partial charge in [-0.25, -0.2) is 8.42 Å². The van der Waals surface area contributed by atoms with Crippen molar-refractivity contribution in [3.63, 3.8) is 0 Å². The Balaban J connectivity index is 1.88. The van der Waals surface area contributed by atoms with E-state index in [1.54, 1.807) is 4.31 Å². The molecule has 1 N–H and O–H groups in total. The van der Waals surface area contributed by atoms with Gasteiger partial charge in [-0.2, -0.15) is 4.31 Å². The summed E-state index contributed by atoms with van der Waals surface area (Å²) in [6.45, 7) is 4.43. The van der Waals surface area contributed by atoms with Gasteiger partial charge in [-0.05, 0) is 50.6 Å². The van der Waals surface area contributed by atoms with E-state index in [9.17, 15) is 13.5 Å². The van der Waals surface area contributed by atoms with E-state index in [-0.39, 0.29) is 16.7 Å². The highest BCUT2D eigenvalue weighted by Gasteiger charge is 2.40. The van der Waals surface area contributed by atoms with Gasteiger partial charge < -0.3 is 5.11 Å². The first-order valence-corrected chi connectivity index (χ1v) is 8.47. The van der Waals surface area contributed by atoms with Crippen molar-refractivity contribution in [3.05, 3.63) is 24.3 Å². The molecule has 1 aromatic rings. The van der Waals surface area contributed by atoms with Gasteiger partial charge in [0.25, 0.3) is 0 Å². The van der Waals surface area contributed by atoms with Gasteiger partial charge in [-0.1, -0.05) is 0 Å². The van der Waals surface area contributed by atoms with Crippen LogP contribution in [-0.2, 0) is 10.0 Å². The zero-order valence-corrected chi connectivity index (χ0v) is 12.4. The Morgan fingerprint density at radius 1 is 1.20 bits per heavy atom. The monoisotopic (exact) mass is 296 g/mol. The summed E-state index contributed by atoms with van der Waals surface area (Å²) >= 11 is 0. The van der Waals surface area contributed by atoms with Crippen molar-refractivity contribution in [3.8, 4) is 5.75 Å². The van der Waals surface area contributed by atoms with Crippen LogP contribution < -0.4 is 0 Å². The molecule has 0 bridgehead atoms. The number of phenols is 1. The quantitative estimate of drug-likeness (QED) is 0.892. The minimum absolute atomic E-state index is 0.0110. The van der Waals surface area contributed by atoms with Crippen LogP contribution in [0.15, 0.2) is 29.2 Å². The van der Waals surface area contributed by atoms with Gasteiger partial charge in [0, 0.05) is 25.2 Å². The molecule has 110 valence electrons. The fraction of sp³-hybridized carbons (Fsp3) is 0.571. The maximum absolute atomic E-state index is 12.7. The molecule has 0 aromatic heterocycles. The van der Waals surface area contributed by atoms with Gasteiger partial charge in [0.2, 0.25) is 10.0 Å². The molecule has 2 aliphatic rings. The summed E-state index contributed by atoms with van der Waals surface area (Å²) in [7, 11) is -3.47. The topological polar surface area (TPSA) is 60.9 Å². The Morgan fingerprint density at radius 2 is 1.90 bits per heavy atom. The molecule has 2 saturated heterocycles. The average molecular weight is 296 g/mol. The zero-order valence-electron chi connectivity index (χ0n) is 11.6. The molecule has 20 heavy (non-hydrogen) atoms. The standard InChI is InChI=1S/C14H20N2O3S/c1-11-9-15-8-2-3-12(15)10-16(11)20(18,19)14-6-4-13(17)5-7-14/h4-7,11-12,17H,2-3,8-10H2,1H3. The molecule has 1 aromatic carbocycles. The minimum atomic E-state index is -3.47. The van der Waals surface area contributed by atoms with E-state index in [1.807, 2.05) is 6.92 Å². The van der Waals surface area contributed by atoms with E-state index in [2.05, 4.69) is 4.90 Å². The van der Waals surface area contributed by atoms with Gasteiger partial charge in [0.05, 0.1) is 4.90 Å². The largest absolute Gasteiger partial charge is 0.508 e. The van der Waals surface area contributed by atoms with Crippen LogP contribution in [0.1, 0.15) is 19.8 Å². The van der Waals surface area contributed by atoms with Gasteiger partial charge in [0.15, 0.2) is 0 Å². The highest BCUT2D eigenvalue weighted by molar-refractivity contribution is 7.89. The van der Waals surface area contributed by atoms with E-state index in [1.165, 1.54) is 24.3 Å². The third-order valence-electron chi connectivity index (χ3n) is 4.32. The molecule has 2 aliphatic heterocycles. The molecule has 3 rings (SSSR count). The molecule has 0 spiro atoms. The summed E-state index contributed by atoms with van der Waals surface area (Å²) in [5.74, 6) is 0.0811. The van der Waals surface area contributed by atoms with Crippen LogP contribution in [0.2, 0.25) is 0 Å². The Kier molecular flexibility index (Phi) is 3.48. The van der Waals surface area contributed by atoms with Gasteiger partial charge >= 0.3 is 0 Å². The van der Waals surface area contributed by atoms with Crippen LogP contribution in [0.25, 0.3) is 0 Å². The summed E-state index contributed by atoms with van der Waals surface area (Å²) in [4.78, 5) is 2.65. The fourth-order valence-electron chi connectivity index (χ4n) is 3.25. The molecule has 6 heteroatoms. The Labute approximate surface area is 119 Å². The van der Waals surface area contributed by atoms with Crippen molar-refractivity contribution in [1.29, 1.82) is 0 Å². The number of fused-ring (bicyclic) bond motifs is 1. The Bertz CT molecular complexity index is 585. The lowest BCUT2D eigenvalue weighted by Crippen LogP contribution is -2.56. The van der Waals surface area contributed by atoms with Crippen LogP contribution in [0.3, 0.4) is 0 Å². The molecule has 2 unspecified atom stereocenters. The van der Waals surface area contributed by atoms with E-state index in [4.69, 9.17) is 0 Å². The molecular formula is C14H20N2O3S. The second kappa shape index (κ2) is 5.02. The molecule has 2 heterocycles. The first-order chi connectivity index (χ1) is 9.48. The van der Waals surface area contributed by atoms with Crippen molar-refractivity contribution in [2.75, 3.05) is 19.6 Å². The second-order valence-corrected chi connectivity index (χ2v) is 7.60. The van der Waals surface area contributed by atoms with E-state index in [0.717, 1.165) is 25.9 Å². The molecule has 2 atom stereocenters. The summed E-state index contributed by atoms with van der Waals surface area (Å²) in [6, 6.07) is 6.13. The van der Waals surface area contributed by atoms with Gasteiger partial charge in [-0.3, -0.25) is 4.90 Å². The number of sulfonamides is 1. The number of aromatic hydroxyl groups is 1. The molecule has 0 aliphatic carbocycles. The SMILES string of the molecule is CC1CN2CCCC2CN1S(=O)(=O)c1ccc(O)cc1. The summed E-state index contributed by atoms with van der Waals surface area (Å²) < 4.78 is 27.1. The lowest BCUT2D eigenvalue weighted by molar-refractivity contribution is 0.117. The number of benzene rings is 1. The summed E-state index contributed by atoms with van der Waals surface area (Å²) in [5, 5.41) is 9.29. The minimum Gasteiger partial charge on any atom is -0.508 e. The third kappa shape index (κ3) is 2.32. The smallest absolute Gasteiger partial charge is 0.243 e. The first-order valence-electron chi connectivity index (χ1n) is 7.03. The number of hydrogen-bond acceptors (Lipinski definition) is 4. The van der Waals surface area contributed by atoms with Crippen LogP contribution in [0.5, 0.6) is 5.75 Å².